The van der Waals surface area contributed by atoms with Crippen molar-refractivity contribution >= 4 is 17.5 Å². The van der Waals surface area contributed by atoms with Gasteiger partial charge in [-0.1, -0.05) is 25.3 Å². The average molecular weight is 396 g/mol. The number of ether oxygens (including phenoxy) is 1. The number of hydrogen-bond acceptors (Lipinski definition) is 4. The molecule has 6 nitrogen and oxygen atoms in total. The molecule has 0 bridgehead atoms. The smallest absolute Gasteiger partial charge is 0.291 e. The minimum Gasteiger partial charge on any atom is -0.459 e. The van der Waals surface area contributed by atoms with Crippen LogP contribution < -0.4 is 10.6 Å². The molecule has 2 N–H and O–H groups in total. The molecule has 0 unspecified atom stereocenters. The second-order valence-corrected chi connectivity index (χ2v) is 8.01. The van der Waals surface area contributed by atoms with Crippen molar-refractivity contribution in [3.63, 3.8) is 0 Å². The van der Waals surface area contributed by atoms with Crippen LogP contribution in [-0.4, -0.2) is 30.6 Å². The molecule has 1 heterocycles. The van der Waals surface area contributed by atoms with E-state index in [-0.39, 0.29) is 35.1 Å². The molecule has 6 heteroatoms. The predicted molar refractivity (Wildman–Crippen MR) is 110 cm³/mol. The standard InChI is InChI=1S/C23H28N2O4/c1-2-28-20-15-19(23(20)11-4-3-5-12-23)25-21(26)16-8-6-9-17(14-16)24-22(27)18-10-7-13-29-18/h6-10,13-14,19-20H,2-5,11-12,15H2,1H3,(H,24,27)(H,25,26)/t19-,20+/m1/s1. The van der Waals surface area contributed by atoms with Gasteiger partial charge in [0.05, 0.1) is 12.4 Å². The van der Waals surface area contributed by atoms with Gasteiger partial charge in [-0.3, -0.25) is 9.59 Å². The Morgan fingerprint density at radius 1 is 1.14 bits per heavy atom. The van der Waals surface area contributed by atoms with Crippen molar-refractivity contribution < 1.29 is 18.7 Å². The third kappa shape index (κ3) is 3.94. The molecule has 29 heavy (non-hydrogen) atoms. The van der Waals surface area contributed by atoms with E-state index < -0.39 is 0 Å². The number of hydrogen-bond donors (Lipinski definition) is 2. The molecule has 1 aromatic heterocycles. The van der Waals surface area contributed by atoms with Crippen LogP contribution in [0.1, 0.15) is 66.4 Å². The highest BCUT2D eigenvalue weighted by molar-refractivity contribution is 6.03. The van der Waals surface area contributed by atoms with E-state index >= 15 is 0 Å². The number of anilines is 1. The maximum atomic E-state index is 12.9. The molecular formula is C23H28N2O4. The minimum absolute atomic E-state index is 0.0784. The van der Waals surface area contributed by atoms with Crippen molar-refractivity contribution in [1.29, 1.82) is 0 Å². The van der Waals surface area contributed by atoms with Crippen LogP contribution in [0.15, 0.2) is 47.1 Å². The van der Waals surface area contributed by atoms with Crippen LogP contribution in [0.2, 0.25) is 0 Å². The number of furan rings is 1. The Hall–Kier alpha value is -2.60. The fourth-order valence-corrected chi connectivity index (χ4v) is 4.85. The van der Waals surface area contributed by atoms with Crippen LogP contribution in [0.25, 0.3) is 0 Å². The molecule has 0 radical (unpaired) electrons. The Balaban J connectivity index is 1.43. The highest BCUT2D eigenvalue weighted by Crippen LogP contribution is 2.53. The zero-order chi connectivity index (χ0) is 20.3. The molecule has 0 saturated heterocycles. The SMILES string of the molecule is CCO[C@H]1C[C@@H](NC(=O)c2cccc(NC(=O)c3ccco3)c2)C12CCCCC2. The fourth-order valence-electron chi connectivity index (χ4n) is 4.85. The van der Waals surface area contributed by atoms with Gasteiger partial charge >= 0.3 is 0 Å². The van der Waals surface area contributed by atoms with E-state index in [9.17, 15) is 9.59 Å². The molecule has 1 aromatic carbocycles. The minimum atomic E-state index is -0.340. The van der Waals surface area contributed by atoms with Gasteiger partial charge in [-0.05, 0) is 56.5 Å². The van der Waals surface area contributed by atoms with Crippen molar-refractivity contribution in [2.45, 2.75) is 57.6 Å². The van der Waals surface area contributed by atoms with E-state index in [0.29, 0.717) is 17.9 Å². The van der Waals surface area contributed by atoms with Gasteiger partial charge in [0.2, 0.25) is 0 Å². The summed E-state index contributed by atoms with van der Waals surface area (Å²) >= 11 is 0. The summed E-state index contributed by atoms with van der Waals surface area (Å²) in [6.07, 6.45) is 8.45. The van der Waals surface area contributed by atoms with Crippen molar-refractivity contribution in [1.82, 2.24) is 5.32 Å². The van der Waals surface area contributed by atoms with Gasteiger partial charge in [0.15, 0.2) is 5.76 Å². The lowest BCUT2D eigenvalue weighted by atomic mass is 9.55. The van der Waals surface area contributed by atoms with E-state index in [2.05, 4.69) is 10.6 Å². The van der Waals surface area contributed by atoms with E-state index in [1.54, 1.807) is 36.4 Å². The summed E-state index contributed by atoms with van der Waals surface area (Å²) in [4.78, 5) is 25.1. The first kappa shape index (κ1) is 19.7. The Labute approximate surface area is 171 Å². The molecule has 2 aliphatic rings. The Kier molecular flexibility index (Phi) is 5.72. The summed E-state index contributed by atoms with van der Waals surface area (Å²) in [6, 6.07) is 10.4. The molecular weight excluding hydrogens is 368 g/mol. The molecule has 2 aromatic rings. The number of amides is 2. The highest BCUT2D eigenvalue weighted by atomic mass is 16.5. The molecule has 1 spiro atoms. The molecule has 2 aliphatic carbocycles. The van der Waals surface area contributed by atoms with E-state index in [0.717, 1.165) is 19.3 Å². The van der Waals surface area contributed by atoms with Crippen LogP contribution in [-0.2, 0) is 4.74 Å². The first-order valence-corrected chi connectivity index (χ1v) is 10.5. The van der Waals surface area contributed by atoms with Crippen molar-refractivity contribution in [2.24, 2.45) is 5.41 Å². The molecule has 2 amide bonds. The molecule has 2 fully saturated rings. The summed E-state index contributed by atoms with van der Waals surface area (Å²) in [5, 5.41) is 6.01. The highest BCUT2D eigenvalue weighted by Gasteiger charge is 2.56. The van der Waals surface area contributed by atoms with Crippen LogP contribution in [0.3, 0.4) is 0 Å². The lowest BCUT2D eigenvalue weighted by Gasteiger charge is -2.57. The lowest BCUT2D eigenvalue weighted by Crippen LogP contribution is -2.65. The molecule has 0 aliphatic heterocycles. The monoisotopic (exact) mass is 396 g/mol. The Morgan fingerprint density at radius 2 is 1.97 bits per heavy atom. The summed E-state index contributed by atoms with van der Waals surface area (Å²) in [6.45, 7) is 2.75. The van der Waals surface area contributed by atoms with Crippen LogP contribution >= 0.6 is 0 Å². The number of carbonyl (C=O) groups is 2. The maximum Gasteiger partial charge on any atom is 0.291 e. The predicted octanol–water partition coefficient (Wildman–Crippen LogP) is 4.39. The third-order valence-corrected chi connectivity index (χ3v) is 6.37. The van der Waals surface area contributed by atoms with Crippen LogP contribution in [0.5, 0.6) is 0 Å². The second-order valence-electron chi connectivity index (χ2n) is 8.01. The zero-order valence-corrected chi connectivity index (χ0v) is 16.8. The third-order valence-electron chi connectivity index (χ3n) is 6.37. The number of rotatable bonds is 6. The van der Waals surface area contributed by atoms with Gasteiger partial charge in [0.1, 0.15) is 0 Å². The first-order valence-electron chi connectivity index (χ1n) is 10.5. The molecule has 2 saturated carbocycles. The summed E-state index contributed by atoms with van der Waals surface area (Å²) in [5.74, 6) is -0.216. The van der Waals surface area contributed by atoms with Gasteiger partial charge in [0.25, 0.3) is 11.8 Å². The first-order chi connectivity index (χ1) is 14.1. The van der Waals surface area contributed by atoms with Gasteiger partial charge in [-0.2, -0.15) is 0 Å². The summed E-state index contributed by atoms with van der Waals surface area (Å²) in [5.41, 5.74) is 1.18. The molecule has 2 atom stereocenters. The van der Waals surface area contributed by atoms with Crippen LogP contribution in [0, 0.1) is 5.41 Å². The van der Waals surface area contributed by atoms with Crippen molar-refractivity contribution in [3.8, 4) is 0 Å². The number of carbonyl (C=O) groups excluding carboxylic acids is 2. The summed E-state index contributed by atoms with van der Waals surface area (Å²) < 4.78 is 11.1. The normalized spacial score (nSPS) is 22.7. The second kappa shape index (κ2) is 8.41. The van der Waals surface area contributed by atoms with Gasteiger partial charge in [0, 0.05) is 29.3 Å². The van der Waals surface area contributed by atoms with E-state index in [1.165, 1.54) is 25.5 Å². The van der Waals surface area contributed by atoms with Gasteiger partial charge < -0.3 is 19.8 Å². The molecule has 154 valence electrons. The number of nitrogens with one attached hydrogen (secondary N) is 2. The molecule has 4 rings (SSSR count). The fraction of sp³-hybridized carbons (Fsp3) is 0.478. The largest absolute Gasteiger partial charge is 0.459 e. The van der Waals surface area contributed by atoms with Gasteiger partial charge in [-0.15, -0.1) is 0 Å². The lowest BCUT2D eigenvalue weighted by molar-refractivity contribution is -0.146. The van der Waals surface area contributed by atoms with E-state index in [1.807, 2.05) is 6.92 Å². The number of benzene rings is 1. The average Bonchev–Trinajstić information content (AvgIpc) is 3.29. The van der Waals surface area contributed by atoms with E-state index in [4.69, 9.17) is 9.15 Å². The quantitative estimate of drug-likeness (QED) is 0.759. The summed E-state index contributed by atoms with van der Waals surface area (Å²) in [7, 11) is 0. The van der Waals surface area contributed by atoms with Gasteiger partial charge in [-0.25, -0.2) is 0 Å². The van der Waals surface area contributed by atoms with Crippen LogP contribution in [0.4, 0.5) is 5.69 Å². The topological polar surface area (TPSA) is 80.6 Å². The van der Waals surface area contributed by atoms with Crippen molar-refractivity contribution in [2.75, 3.05) is 11.9 Å². The Morgan fingerprint density at radius 3 is 2.69 bits per heavy atom. The maximum absolute atomic E-state index is 12.9. The Bertz CT molecular complexity index is 856. The zero-order valence-electron chi connectivity index (χ0n) is 16.8. The van der Waals surface area contributed by atoms with Crippen molar-refractivity contribution in [3.05, 3.63) is 54.0 Å².